The lowest BCUT2D eigenvalue weighted by Gasteiger charge is -2.41. The minimum Gasteiger partial charge on any atom is -0.370 e. The Morgan fingerprint density at radius 2 is 1.80 bits per heavy atom. The fraction of sp³-hybridized carbons (Fsp3) is 0.333. The number of hydrogen-bond donors (Lipinski definition) is 0. The lowest BCUT2D eigenvalue weighted by atomic mass is 9.93. The van der Waals surface area contributed by atoms with Gasteiger partial charge in [0.1, 0.15) is 11.6 Å². The standard InChI is InChI=1S/C12H13F2N/c1-8(2)9-6-15(7-9)12-4-10(13)3-11(14)5-12/h3-5,9H,1,6-7H2,2H3. The summed E-state index contributed by atoms with van der Waals surface area (Å²) >= 11 is 0. The second-order valence-electron chi connectivity index (χ2n) is 4.08. The quantitative estimate of drug-likeness (QED) is 0.677. The molecule has 0 aliphatic carbocycles. The average Bonchev–Trinajstić information content (AvgIpc) is 1.97. The van der Waals surface area contributed by atoms with Crippen molar-refractivity contribution in [2.45, 2.75) is 6.92 Å². The molecule has 0 radical (unpaired) electrons. The number of hydrogen-bond acceptors (Lipinski definition) is 1. The first-order valence-corrected chi connectivity index (χ1v) is 4.92. The zero-order chi connectivity index (χ0) is 11.0. The van der Waals surface area contributed by atoms with E-state index in [2.05, 4.69) is 6.58 Å². The summed E-state index contributed by atoms with van der Waals surface area (Å²) in [5.74, 6) is -0.594. The number of benzene rings is 1. The van der Waals surface area contributed by atoms with Crippen molar-refractivity contribution in [3.05, 3.63) is 42.0 Å². The summed E-state index contributed by atoms with van der Waals surface area (Å²) < 4.78 is 25.8. The van der Waals surface area contributed by atoms with Crippen LogP contribution >= 0.6 is 0 Å². The van der Waals surface area contributed by atoms with Gasteiger partial charge in [-0.2, -0.15) is 0 Å². The van der Waals surface area contributed by atoms with E-state index in [9.17, 15) is 8.78 Å². The van der Waals surface area contributed by atoms with E-state index in [1.807, 2.05) is 11.8 Å². The van der Waals surface area contributed by atoms with Gasteiger partial charge in [-0.15, -0.1) is 0 Å². The lowest BCUT2D eigenvalue weighted by molar-refractivity contribution is 0.468. The molecule has 1 aliphatic rings. The molecule has 0 aromatic heterocycles. The van der Waals surface area contributed by atoms with Crippen LogP contribution in [-0.2, 0) is 0 Å². The topological polar surface area (TPSA) is 3.24 Å². The van der Waals surface area contributed by atoms with Crippen molar-refractivity contribution < 1.29 is 8.78 Å². The predicted octanol–water partition coefficient (Wildman–Crippen LogP) is 2.98. The third kappa shape index (κ3) is 2.01. The van der Waals surface area contributed by atoms with Crippen molar-refractivity contribution in [3.63, 3.8) is 0 Å². The summed E-state index contributed by atoms with van der Waals surface area (Å²) in [6.07, 6.45) is 0. The SMILES string of the molecule is C=C(C)C1CN(c2cc(F)cc(F)c2)C1. The molecule has 0 bridgehead atoms. The van der Waals surface area contributed by atoms with Gasteiger partial charge in [0, 0.05) is 30.8 Å². The Labute approximate surface area is 88.0 Å². The van der Waals surface area contributed by atoms with Gasteiger partial charge in [-0.25, -0.2) is 8.78 Å². The molecule has 1 fully saturated rings. The molecule has 1 aromatic carbocycles. The molecular formula is C12H13F2N. The molecule has 0 N–H and O–H groups in total. The van der Waals surface area contributed by atoms with Crippen molar-refractivity contribution in [3.8, 4) is 0 Å². The van der Waals surface area contributed by atoms with Crippen LogP contribution in [0.3, 0.4) is 0 Å². The number of rotatable bonds is 2. The van der Waals surface area contributed by atoms with E-state index >= 15 is 0 Å². The molecule has 1 saturated heterocycles. The van der Waals surface area contributed by atoms with Gasteiger partial charge in [0.05, 0.1) is 0 Å². The van der Waals surface area contributed by atoms with E-state index < -0.39 is 11.6 Å². The first kappa shape index (κ1) is 10.1. The third-order valence-electron chi connectivity index (χ3n) is 2.79. The summed E-state index contributed by atoms with van der Waals surface area (Å²) in [5.41, 5.74) is 1.74. The Morgan fingerprint density at radius 3 is 2.27 bits per heavy atom. The van der Waals surface area contributed by atoms with Crippen LogP contribution in [0, 0.1) is 17.6 Å². The van der Waals surface area contributed by atoms with Crippen LogP contribution in [0.4, 0.5) is 14.5 Å². The molecule has 0 amide bonds. The third-order valence-corrected chi connectivity index (χ3v) is 2.79. The molecule has 0 unspecified atom stereocenters. The van der Waals surface area contributed by atoms with E-state index in [4.69, 9.17) is 0 Å². The molecule has 3 heteroatoms. The van der Waals surface area contributed by atoms with Gasteiger partial charge < -0.3 is 4.90 Å². The van der Waals surface area contributed by atoms with Gasteiger partial charge in [-0.05, 0) is 19.1 Å². The summed E-state index contributed by atoms with van der Waals surface area (Å²) in [6.45, 7) is 7.45. The van der Waals surface area contributed by atoms with Gasteiger partial charge in [0.25, 0.3) is 0 Å². The fourth-order valence-corrected chi connectivity index (χ4v) is 1.72. The van der Waals surface area contributed by atoms with Gasteiger partial charge in [0.2, 0.25) is 0 Å². The molecule has 0 atom stereocenters. The van der Waals surface area contributed by atoms with Crippen molar-refractivity contribution in [1.82, 2.24) is 0 Å². The van der Waals surface area contributed by atoms with Crippen LogP contribution in [0.5, 0.6) is 0 Å². The van der Waals surface area contributed by atoms with Gasteiger partial charge in [-0.3, -0.25) is 0 Å². The largest absolute Gasteiger partial charge is 0.370 e. The summed E-state index contributed by atoms with van der Waals surface area (Å²) in [5, 5.41) is 0. The van der Waals surface area contributed by atoms with Gasteiger partial charge in [-0.1, -0.05) is 12.2 Å². The van der Waals surface area contributed by atoms with Crippen molar-refractivity contribution >= 4 is 5.69 Å². The Hall–Kier alpha value is -1.38. The maximum Gasteiger partial charge on any atom is 0.128 e. The highest BCUT2D eigenvalue weighted by Crippen LogP contribution is 2.29. The maximum absolute atomic E-state index is 12.9. The Kier molecular flexibility index (Phi) is 2.47. The number of nitrogens with zero attached hydrogens (tertiary/aromatic N) is 1. The highest BCUT2D eigenvalue weighted by Gasteiger charge is 2.27. The van der Waals surface area contributed by atoms with E-state index in [1.165, 1.54) is 12.1 Å². The van der Waals surface area contributed by atoms with Crippen molar-refractivity contribution in [2.75, 3.05) is 18.0 Å². The zero-order valence-corrected chi connectivity index (χ0v) is 8.63. The Bertz CT molecular complexity index is 374. The molecule has 15 heavy (non-hydrogen) atoms. The smallest absolute Gasteiger partial charge is 0.128 e. The van der Waals surface area contributed by atoms with E-state index in [-0.39, 0.29) is 0 Å². The first-order valence-electron chi connectivity index (χ1n) is 4.92. The highest BCUT2D eigenvalue weighted by atomic mass is 19.1. The maximum atomic E-state index is 12.9. The lowest BCUT2D eigenvalue weighted by Crippen LogP contribution is -2.47. The Morgan fingerprint density at radius 1 is 1.27 bits per heavy atom. The second-order valence-corrected chi connectivity index (χ2v) is 4.08. The predicted molar refractivity (Wildman–Crippen MR) is 56.9 cm³/mol. The molecular weight excluding hydrogens is 196 g/mol. The van der Waals surface area contributed by atoms with Crippen LogP contribution in [0.15, 0.2) is 30.4 Å². The highest BCUT2D eigenvalue weighted by molar-refractivity contribution is 5.50. The normalized spacial score (nSPS) is 16.3. The Balaban J connectivity index is 2.10. The van der Waals surface area contributed by atoms with Crippen molar-refractivity contribution in [1.29, 1.82) is 0 Å². The summed E-state index contributed by atoms with van der Waals surface area (Å²) in [6, 6.07) is 3.61. The van der Waals surface area contributed by atoms with Crippen LogP contribution in [0.25, 0.3) is 0 Å². The molecule has 1 nitrogen and oxygen atoms in total. The van der Waals surface area contributed by atoms with Crippen LogP contribution in [0.1, 0.15) is 6.92 Å². The minimum atomic E-state index is -0.524. The minimum absolute atomic E-state index is 0.455. The second kappa shape index (κ2) is 3.65. The average molecular weight is 209 g/mol. The number of halogens is 2. The van der Waals surface area contributed by atoms with E-state index in [1.54, 1.807) is 0 Å². The van der Waals surface area contributed by atoms with E-state index in [0.717, 1.165) is 24.7 Å². The molecule has 1 heterocycles. The first-order chi connectivity index (χ1) is 7.06. The molecule has 80 valence electrons. The summed E-state index contributed by atoms with van der Waals surface area (Å²) in [4.78, 5) is 1.95. The van der Waals surface area contributed by atoms with Gasteiger partial charge in [0.15, 0.2) is 0 Å². The monoisotopic (exact) mass is 209 g/mol. The number of anilines is 1. The van der Waals surface area contributed by atoms with Crippen LogP contribution in [0.2, 0.25) is 0 Å². The molecule has 1 aromatic rings. The molecule has 0 spiro atoms. The van der Waals surface area contributed by atoms with Crippen molar-refractivity contribution in [2.24, 2.45) is 5.92 Å². The van der Waals surface area contributed by atoms with E-state index in [0.29, 0.717) is 11.6 Å². The molecule has 2 rings (SSSR count). The fourth-order valence-electron chi connectivity index (χ4n) is 1.72. The molecule has 1 aliphatic heterocycles. The summed E-state index contributed by atoms with van der Waals surface area (Å²) in [7, 11) is 0. The molecule has 0 saturated carbocycles. The zero-order valence-electron chi connectivity index (χ0n) is 8.63. The van der Waals surface area contributed by atoms with Crippen LogP contribution < -0.4 is 4.90 Å². The van der Waals surface area contributed by atoms with Crippen LogP contribution in [-0.4, -0.2) is 13.1 Å². The van der Waals surface area contributed by atoms with Gasteiger partial charge >= 0.3 is 0 Å².